The van der Waals surface area contributed by atoms with Gasteiger partial charge in [-0.3, -0.25) is 0 Å². The second-order valence-corrected chi connectivity index (χ2v) is 4.16. The first-order valence-corrected chi connectivity index (χ1v) is 5.99. The average Bonchev–Trinajstić information content (AvgIpc) is 2.41. The van der Waals surface area contributed by atoms with Crippen LogP contribution >= 0.6 is 11.6 Å². The highest BCUT2D eigenvalue weighted by Gasteiger charge is 2.10. The standard InChI is InChI=1S/C13H11ClN2O3/c1-2-8-5-12(16-7-15-8)19-9-3-4-11(14)10(6-9)13(17)18/h3-7H,2H2,1H3,(H,17,18). The maximum Gasteiger partial charge on any atom is 0.337 e. The summed E-state index contributed by atoms with van der Waals surface area (Å²) in [5.74, 6) is -0.375. The number of rotatable bonds is 4. The van der Waals surface area contributed by atoms with Crippen LogP contribution in [0, 0.1) is 0 Å². The van der Waals surface area contributed by atoms with Crippen molar-refractivity contribution in [1.82, 2.24) is 9.97 Å². The molecule has 0 aliphatic carbocycles. The number of hydrogen-bond donors (Lipinski definition) is 1. The van der Waals surface area contributed by atoms with Crippen LogP contribution in [0.25, 0.3) is 0 Å². The highest BCUT2D eigenvalue weighted by Crippen LogP contribution is 2.25. The van der Waals surface area contributed by atoms with Gasteiger partial charge >= 0.3 is 5.97 Å². The van der Waals surface area contributed by atoms with Gasteiger partial charge in [-0.15, -0.1) is 0 Å². The minimum absolute atomic E-state index is 0.0102. The molecule has 0 fully saturated rings. The van der Waals surface area contributed by atoms with E-state index in [4.69, 9.17) is 21.4 Å². The summed E-state index contributed by atoms with van der Waals surface area (Å²) in [6, 6.07) is 6.12. The molecule has 19 heavy (non-hydrogen) atoms. The maximum absolute atomic E-state index is 11.0. The van der Waals surface area contributed by atoms with Gasteiger partial charge in [0.25, 0.3) is 0 Å². The van der Waals surface area contributed by atoms with Crippen LogP contribution < -0.4 is 4.74 Å². The van der Waals surface area contributed by atoms with Crippen LogP contribution in [0.5, 0.6) is 11.6 Å². The summed E-state index contributed by atoms with van der Waals surface area (Å²) in [4.78, 5) is 19.0. The van der Waals surface area contributed by atoms with Crippen molar-refractivity contribution in [2.45, 2.75) is 13.3 Å². The van der Waals surface area contributed by atoms with Crippen molar-refractivity contribution < 1.29 is 14.6 Å². The van der Waals surface area contributed by atoms with Gasteiger partial charge in [-0.25, -0.2) is 14.8 Å². The van der Waals surface area contributed by atoms with E-state index in [-0.39, 0.29) is 10.6 Å². The smallest absolute Gasteiger partial charge is 0.337 e. The molecule has 0 atom stereocenters. The topological polar surface area (TPSA) is 72.3 Å². The van der Waals surface area contributed by atoms with Crippen molar-refractivity contribution in [3.05, 3.63) is 46.9 Å². The van der Waals surface area contributed by atoms with Crippen molar-refractivity contribution in [1.29, 1.82) is 0 Å². The number of aromatic carboxylic acids is 1. The van der Waals surface area contributed by atoms with E-state index in [9.17, 15) is 4.79 Å². The van der Waals surface area contributed by atoms with Gasteiger partial charge in [0.1, 0.15) is 12.1 Å². The van der Waals surface area contributed by atoms with E-state index in [2.05, 4.69) is 9.97 Å². The molecule has 2 aromatic rings. The molecule has 2 rings (SSSR count). The fourth-order valence-corrected chi connectivity index (χ4v) is 1.68. The third-order valence-electron chi connectivity index (χ3n) is 2.45. The molecule has 1 N–H and O–H groups in total. The Balaban J connectivity index is 2.28. The van der Waals surface area contributed by atoms with Gasteiger partial charge in [0.15, 0.2) is 0 Å². The molecule has 0 amide bonds. The van der Waals surface area contributed by atoms with E-state index in [1.54, 1.807) is 12.1 Å². The average molecular weight is 279 g/mol. The zero-order chi connectivity index (χ0) is 13.8. The quantitative estimate of drug-likeness (QED) is 0.930. The van der Waals surface area contributed by atoms with Crippen LogP contribution in [-0.4, -0.2) is 21.0 Å². The lowest BCUT2D eigenvalue weighted by Gasteiger charge is -2.07. The first-order valence-electron chi connectivity index (χ1n) is 5.61. The molecule has 5 nitrogen and oxygen atoms in total. The van der Waals surface area contributed by atoms with E-state index < -0.39 is 5.97 Å². The van der Waals surface area contributed by atoms with Crippen LogP contribution in [0.1, 0.15) is 23.0 Å². The summed E-state index contributed by atoms with van der Waals surface area (Å²) in [5, 5.41) is 9.14. The molecule has 0 aliphatic heterocycles. The van der Waals surface area contributed by atoms with Crippen molar-refractivity contribution in [3.63, 3.8) is 0 Å². The molecule has 0 saturated heterocycles. The number of benzene rings is 1. The van der Waals surface area contributed by atoms with Gasteiger partial charge in [-0.05, 0) is 24.6 Å². The Labute approximate surface area is 114 Å². The summed E-state index contributed by atoms with van der Waals surface area (Å²) in [6.45, 7) is 1.97. The number of carboxylic acid groups (broad SMARTS) is 1. The highest BCUT2D eigenvalue weighted by molar-refractivity contribution is 6.33. The number of halogens is 1. The van der Waals surface area contributed by atoms with Gasteiger partial charge in [-0.1, -0.05) is 18.5 Å². The molecule has 0 saturated carbocycles. The predicted octanol–water partition coefficient (Wildman–Crippen LogP) is 3.18. The van der Waals surface area contributed by atoms with Crippen LogP contribution in [0.4, 0.5) is 0 Å². The Bertz CT molecular complexity index is 617. The molecule has 1 aromatic heterocycles. The van der Waals surface area contributed by atoms with Crippen LogP contribution in [0.3, 0.4) is 0 Å². The highest BCUT2D eigenvalue weighted by atomic mass is 35.5. The monoisotopic (exact) mass is 278 g/mol. The molecule has 6 heteroatoms. The molecule has 0 bridgehead atoms. The molecule has 0 radical (unpaired) electrons. The van der Waals surface area contributed by atoms with Crippen molar-refractivity contribution in [2.75, 3.05) is 0 Å². The van der Waals surface area contributed by atoms with Gasteiger partial charge in [0.05, 0.1) is 10.6 Å². The SMILES string of the molecule is CCc1cc(Oc2ccc(Cl)c(C(=O)O)c2)ncn1. The predicted molar refractivity (Wildman–Crippen MR) is 69.9 cm³/mol. The molecular formula is C13H11ClN2O3. The van der Waals surface area contributed by atoms with Crippen LogP contribution in [0.2, 0.25) is 5.02 Å². The molecular weight excluding hydrogens is 268 g/mol. The zero-order valence-electron chi connectivity index (χ0n) is 10.1. The Morgan fingerprint density at radius 3 is 2.84 bits per heavy atom. The Kier molecular flexibility index (Phi) is 3.97. The molecule has 0 aliphatic rings. The maximum atomic E-state index is 11.0. The molecule has 98 valence electrons. The Hall–Kier alpha value is -2.14. The van der Waals surface area contributed by atoms with Crippen LogP contribution in [-0.2, 0) is 6.42 Å². The second-order valence-electron chi connectivity index (χ2n) is 3.75. The van der Waals surface area contributed by atoms with Crippen LogP contribution in [0.15, 0.2) is 30.6 Å². The van der Waals surface area contributed by atoms with E-state index in [1.807, 2.05) is 6.92 Å². The summed E-state index contributed by atoms with van der Waals surface area (Å²) in [7, 11) is 0. The lowest BCUT2D eigenvalue weighted by molar-refractivity contribution is 0.0696. The summed E-state index contributed by atoms with van der Waals surface area (Å²) in [5.41, 5.74) is 0.835. The lowest BCUT2D eigenvalue weighted by atomic mass is 10.2. The molecule has 0 spiro atoms. The Morgan fingerprint density at radius 2 is 2.16 bits per heavy atom. The van der Waals surface area contributed by atoms with Gasteiger partial charge in [0.2, 0.25) is 5.88 Å². The first kappa shape index (κ1) is 13.3. The van der Waals surface area contributed by atoms with Gasteiger partial charge in [0, 0.05) is 11.8 Å². The zero-order valence-corrected chi connectivity index (χ0v) is 10.9. The third kappa shape index (κ3) is 3.20. The molecule has 0 unspecified atom stereocenters. The largest absolute Gasteiger partial charge is 0.478 e. The third-order valence-corrected chi connectivity index (χ3v) is 2.78. The second kappa shape index (κ2) is 5.67. The summed E-state index contributed by atoms with van der Waals surface area (Å²) < 4.78 is 5.49. The Morgan fingerprint density at radius 1 is 1.37 bits per heavy atom. The van der Waals surface area contributed by atoms with Crippen molar-refractivity contribution in [3.8, 4) is 11.6 Å². The molecule has 1 aromatic carbocycles. The number of hydrogen-bond acceptors (Lipinski definition) is 4. The van der Waals surface area contributed by atoms with E-state index >= 15 is 0 Å². The van der Waals surface area contributed by atoms with E-state index in [1.165, 1.54) is 18.5 Å². The van der Waals surface area contributed by atoms with Crippen molar-refractivity contribution >= 4 is 17.6 Å². The number of ether oxygens (including phenoxy) is 1. The number of nitrogens with zero attached hydrogens (tertiary/aromatic N) is 2. The lowest BCUT2D eigenvalue weighted by Crippen LogP contribution is -1.98. The van der Waals surface area contributed by atoms with Gasteiger partial charge in [-0.2, -0.15) is 0 Å². The van der Waals surface area contributed by atoms with Crippen molar-refractivity contribution in [2.24, 2.45) is 0 Å². The minimum Gasteiger partial charge on any atom is -0.478 e. The van der Waals surface area contributed by atoms with E-state index in [0.29, 0.717) is 11.6 Å². The number of carbonyl (C=O) groups is 1. The fourth-order valence-electron chi connectivity index (χ4n) is 1.48. The minimum atomic E-state index is -1.10. The summed E-state index contributed by atoms with van der Waals surface area (Å²) in [6.07, 6.45) is 2.17. The first-order chi connectivity index (χ1) is 9.10. The van der Waals surface area contributed by atoms with E-state index in [0.717, 1.165) is 12.1 Å². The number of aromatic nitrogens is 2. The summed E-state index contributed by atoms with van der Waals surface area (Å²) >= 11 is 5.78. The van der Waals surface area contributed by atoms with Gasteiger partial charge < -0.3 is 9.84 Å². The normalized spacial score (nSPS) is 10.2. The number of carboxylic acids is 1. The fraction of sp³-hybridized carbons (Fsp3) is 0.154. The molecule has 1 heterocycles. The number of aryl methyl sites for hydroxylation is 1.